The minimum Gasteiger partial charge on any atom is -0.464 e. The van der Waals surface area contributed by atoms with Gasteiger partial charge in [0.15, 0.2) is 0 Å². The third kappa shape index (κ3) is 3.77. The van der Waals surface area contributed by atoms with Crippen molar-refractivity contribution in [3.8, 4) is 0 Å². The number of furan rings is 1. The summed E-state index contributed by atoms with van der Waals surface area (Å²) in [4.78, 5) is 18.5. The lowest BCUT2D eigenvalue weighted by atomic mass is 10.4. The zero-order valence-corrected chi connectivity index (χ0v) is 12.3. The molecule has 0 saturated heterocycles. The summed E-state index contributed by atoms with van der Waals surface area (Å²) in [5, 5.41) is 0. The number of carbonyl (C=O) groups excluding carboxylic acids is 1. The van der Waals surface area contributed by atoms with Crippen molar-refractivity contribution in [3.63, 3.8) is 0 Å². The number of nitrogens with zero attached hydrogens (tertiary/aromatic N) is 2. The molecule has 0 bridgehead atoms. The van der Waals surface area contributed by atoms with Crippen LogP contribution in [-0.2, 0) is 11.3 Å². The van der Waals surface area contributed by atoms with Gasteiger partial charge < -0.3 is 15.1 Å². The Bertz CT molecular complexity index is 598. The second-order valence-electron chi connectivity index (χ2n) is 4.46. The Morgan fingerprint density at radius 2 is 2.25 bits per heavy atom. The number of anilines is 1. The number of hydrogen-bond acceptors (Lipinski definition) is 5. The van der Waals surface area contributed by atoms with Crippen molar-refractivity contribution in [1.29, 1.82) is 0 Å². The van der Waals surface area contributed by atoms with Gasteiger partial charge in [0, 0.05) is 18.1 Å². The summed E-state index contributed by atoms with van der Waals surface area (Å²) in [6.45, 7) is 2.35. The Morgan fingerprint density at radius 1 is 1.45 bits per heavy atom. The Labute approximate surface area is 122 Å². The van der Waals surface area contributed by atoms with Gasteiger partial charge in [0.1, 0.15) is 11.5 Å². The summed E-state index contributed by atoms with van der Waals surface area (Å²) in [5.41, 5.74) is 6.38. The summed E-state index contributed by atoms with van der Waals surface area (Å²) in [5.74, 6) is 2.00. The predicted octanol–water partition coefficient (Wildman–Crippen LogP) is 2.32. The predicted molar refractivity (Wildman–Crippen MR) is 79.3 cm³/mol. The molecule has 0 aliphatic rings. The number of nitrogen functional groups attached to an aromatic ring is 1. The molecule has 0 saturated carbocycles. The first-order chi connectivity index (χ1) is 9.56. The van der Waals surface area contributed by atoms with Crippen molar-refractivity contribution >= 4 is 23.4 Å². The van der Waals surface area contributed by atoms with E-state index in [-0.39, 0.29) is 5.91 Å². The fourth-order valence-electron chi connectivity index (χ4n) is 1.67. The van der Waals surface area contributed by atoms with E-state index in [0.717, 1.165) is 16.4 Å². The van der Waals surface area contributed by atoms with Gasteiger partial charge in [0.2, 0.25) is 5.91 Å². The number of aryl methyl sites for hydroxylation is 1. The van der Waals surface area contributed by atoms with Crippen LogP contribution in [0.4, 0.5) is 5.69 Å². The first-order valence-corrected chi connectivity index (χ1v) is 7.16. The highest BCUT2D eigenvalue weighted by molar-refractivity contribution is 8.00. The number of rotatable bonds is 5. The van der Waals surface area contributed by atoms with E-state index >= 15 is 0 Å². The van der Waals surface area contributed by atoms with E-state index in [1.165, 1.54) is 11.8 Å². The van der Waals surface area contributed by atoms with Crippen molar-refractivity contribution < 1.29 is 9.21 Å². The quantitative estimate of drug-likeness (QED) is 0.856. The molecule has 2 heterocycles. The van der Waals surface area contributed by atoms with Gasteiger partial charge in [-0.1, -0.05) is 0 Å². The van der Waals surface area contributed by atoms with Gasteiger partial charge >= 0.3 is 0 Å². The highest BCUT2D eigenvalue weighted by atomic mass is 32.2. The Hall–Kier alpha value is -1.95. The summed E-state index contributed by atoms with van der Waals surface area (Å²) in [7, 11) is 1.76. The molecule has 2 aromatic rings. The molecule has 1 amide bonds. The third-order valence-corrected chi connectivity index (χ3v) is 3.85. The maximum Gasteiger partial charge on any atom is 0.233 e. The molecule has 2 aromatic heterocycles. The van der Waals surface area contributed by atoms with Gasteiger partial charge in [-0.25, -0.2) is 0 Å². The maximum atomic E-state index is 12.0. The molecule has 6 heteroatoms. The summed E-state index contributed by atoms with van der Waals surface area (Å²) >= 11 is 1.41. The van der Waals surface area contributed by atoms with E-state index in [1.54, 1.807) is 24.3 Å². The third-order valence-electron chi connectivity index (χ3n) is 2.78. The van der Waals surface area contributed by atoms with Gasteiger partial charge in [-0.2, -0.15) is 0 Å². The van der Waals surface area contributed by atoms with E-state index in [0.29, 0.717) is 18.0 Å². The molecule has 106 valence electrons. The minimum absolute atomic E-state index is 0.0280. The van der Waals surface area contributed by atoms with Crippen LogP contribution in [0, 0.1) is 6.92 Å². The number of thioether (sulfide) groups is 1. The van der Waals surface area contributed by atoms with Gasteiger partial charge in [0.05, 0.1) is 24.2 Å². The first-order valence-electron chi connectivity index (χ1n) is 6.18. The molecule has 0 radical (unpaired) electrons. The Morgan fingerprint density at radius 3 is 2.90 bits per heavy atom. The van der Waals surface area contributed by atoms with Crippen molar-refractivity contribution in [3.05, 3.63) is 42.1 Å². The van der Waals surface area contributed by atoms with Crippen LogP contribution in [0.5, 0.6) is 0 Å². The van der Waals surface area contributed by atoms with Crippen LogP contribution in [0.1, 0.15) is 11.5 Å². The van der Waals surface area contributed by atoms with Gasteiger partial charge in [-0.15, -0.1) is 11.8 Å². The van der Waals surface area contributed by atoms with Crippen molar-refractivity contribution in [2.75, 3.05) is 18.5 Å². The molecule has 0 aliphatic heterocycles. The zero-order valence-electron chi connectivity index (χ0n) is 11.5. The molecule has 0 aromatic carbocycles. The molecule has 0 atom stereocenters. The normalized spacial score (nSPS) is 10.5. The van der Waals surface area contributed by atoms with Gasteiger partial charge in [-0.05, 0) is 25.1 Å². The molecular formula is C14H17N3O2S. The van der Waals surface area contributed by atoms with Crippen LogP contribution in [0.15, 0.2) is 39.9 Å². The summed E-state index contributed by atoms with van der Waals surface area (Å²) < 4.78 is 5.46. The lowest BCUT2D eigenvalue weighted by Crippen LogP contribution is -2.27. The average molecular weight is 291 g/mol. The van der Waals surface area contributed by atoms with Gasteiger partial charge in [-0.3, -0.25) is 9.78 Å². The molecule has 5 nitrogen and oxygen atoms in total. The topological polar surface area (TPSA) is 72.4 Å². The number of pyridine rings is 1. The SMILES string of the molecule is Cc1ccc(CN(C)C(=O)CSc2ccncc2N)o1. The molecule has 0 unspecified atom stereocenters. The van der Waals surface area contributed by atoms with Crippen LogP contribution in [0.25, 0.3) is 0 Å². The molecule has 0 fully saturated rings. The second kappa shape index (κ2) is 6.47. The Kier molecular flexibility index (Phi) is 4.68. The highest BCUT2D eigenvalue weighted by Gasteiger charge is 2.12. The molecular weight excluding hydrogens is 274 g/mol. The van der Waals surface area contributed by atoms with Crippen molar-refractivity contribution in [2.24, 2.45) is 0 Å². The fraction of sp³-hybridized carbons (Fsp3) is 0.286. The number of hydrogen-bond donors (Lipinski definition) is 1. The molecule has 2 rings (SSSR count). The van der Waals surface area contributed by atoms with Crippen LogP contribution in [0.2, 0.25) is 0 Å². The minimum atomic E-state index is 0.0280. The smallest absolute Gasteiger partial charge is 0.233 e. The van der Waals surface area contributed by atoms with E-state index in [2.05, 4.69) is 4.98 Å². The second-order valence-corrected chi connectivity index (χ2v) is 5.48. The zero-order chi connectivity index (χ0) is 14.5. The number of amides is 1. The van der Waals surface area contributed by atoms with Crippen LogP contribution in [0.3, 0.4) is 0 Å². The highest BCUT2D eigenvalue weighted by Crippen LogP contribution is 2.23. The lowest BCUT2D eigenvalue weighted by molar-refractivity contribution is -0.127. The van der Waals surface area contributed by atoms with Crippen molar-refractivity contribution in [1.82, 2.24) is 9.88 Å². The van der Waals surface area contributed by atoms with Crippen LogP contribution >= 0.6 is 11.8 Å². The standard InChI is InChI=1S/C14H17N3O2S/c1-10-3-4-11(19-10)8-17(2)14(18)9-20-13-5-6-16-7-12(13)15/h3-7H,8-9,15H2,1-2H3. The van der Waals surface area contributed by atoms with E-state index < -0.39 is 0 Å². The van der Waals surface area contributed by atoms with Gasteiger partial charge in [0.25, 0.3) is 0 Å². The molecule has 0 aliphatic carbocycles. The number of nitrogens with two attached hydrogens (primary N) is 1. The average Bonchev–Trinajstić information content (AvgIpc) is 2.82. The first kappa shape index (κ1) is 14.5. The Balaban J connectivity index is 1.87. The molecule has 20 heavy (non-hydrogen) atoms. The van der Waals surface area contributed by atoms with Crippen molar-refractivity contribution in [2.45, 2.75) is 18.4 Å². The largest absolute Gasteiger partial charge is 0.464 e. The molecule has 0 spiro atoms. The molecule has 2 N–H and O–H groups in total. The van der Waals surface area contributed by atoms with Crippen LogP contribution in [-0.4, -0.2) is 28.6 Å². The fourth-order valence-corrected chi connectivity index (χ4v) is 2.54. The van der Waals surface area contributed by atoms with E-state index in [4.69, 9.17) is 10.2 Å². The summed E-state index contributed by atoms with van der Waals surface area (Å²) in [6, 6.07) is 5.58. The monoisotopic (exact) mass is 291 g/mol. The van der Waals surface area contributed by atoms with E-state index in [9.17, 15) is 4.79 Å². The number of carbonyl (C=O) groups is 1. The lowest BCUT2D eigenvalue weighted by Gasteiger charge is -2.15. The van der Waals surface area contributed by atoms with Crippen LogP contribution < -0.4 is 5.73 Å². The van der Waals surface area contributed by atoms with E-state index in [1.807, 2.05) is 25.1 Å². The maximum absolute atomic E-state index is 12.0. The number of aromatic nitrogens is 1. The summed E-state index contributed by atoms with van der Waals surface area (Å²) in [6.07, 6.45) is 3.25.